The Labute approximate surface area is 154 Å². The summed E-state index contributed by atoms with van der Waals surface area (Å²) in [5, 5.41) is 16.6. The monoisotopic (exact) mass is 367 g/mol. The largest absolute Gasteiger partial charge is 0.507 e. The molecule has 0 aliphatic carbocycles. The first-order valence-electron chi connectivity index (χ1n) is 8.04. The van der Waals surface area contributed by atoms with Crippen LogP contribution < -0.4 is 9.47 Å². The van der Waals surface area contributed by atoms with Crippen molar-refractivity contribution in [1.29, 1.82) is 0 Å². The molecule has 7 heteroatoms. The molecule has 2 aromatic carbocycles. The van der Waals surface area contributed by atoms with E-state index < -0.39 is 0 Å². The van der Waals surface area contributed by atoms with Crippen LogP contribution >= 0.6 is 11.3 Å². The van der Waals surface area contributed by atoms with Crippen LogP contribution in [0.1, 0.15) is 11.4 Å². The molecule has 0 saturated heterocycles. The molecular weight excluding hydrogens is 350 g/mol. The van der Waals surface area contributed by atoms with Crippen LogP contribution in [0.3, 0.4) is 0 Å². The van der Waals surface area contributed by atoms with Crippen molar-refractivity contribution >= 4 is 16.3 Å². The number of phenols is 1. The number of ether oxygens (including phenoxy) is 2. The average Bonchev–Trinajstić information content (AvgIpc) is 3.21. The van der Waals surface area contributed by atoms with Gasteiger partial charge in [-0.05, 0) is 42.8 Å². The highest BCUT2D eigenvalue weighted by atomic mass is 32.1. The lowest BCUT2D eigenvalue weighted by atomic mass is 10.1. The third-order valence-corrected chi connectivity index (χ3v) is 4.78. The highest BCUT2D eigenvalue weighted by molar-refractivity contribution is 7.15. The van der Waals surface area contributed by atoms with Gasteiger partial charge in [0.15, 0.2) is 5.82 Å². The fourth-order valence-electron chi connectivity index (χ4n) is 2.67. The second kappa shape index (κ2) is 6.68. The molecule has 26 heavy (non-hydrogen) atoms. The Bertz CT molecular complexity index is 1070. The molecule has 0 saturated carbocycles. The summed E-state index contributed by atoms with van der Waals surface area (Å²) in [5.41, 5.74) is 2.54. The van der Waals surface area contributed by atoms with E-state index in [1.807, 2.05) is 36.6 Å². The van der Waals surface area contributed by atoms with Crippen molar-refractivity contribution in [2.75, 3.05) is 7.11 Å². The van der Waals surface area contributed by atoms with Crippen molar-refractivity contribution in [3.8, 4) is 28.5 Å². The number of aromatic hydroxyl groups is 1. The van der Waals surface area contributed by atoms with E-state index in [9.17, 15) is 5.11 Å². The van der Waals surface area contributed by atoms with Gasteiger partial charge < -0.3 is 14.6 Å². The van der Waals surface area contributed by atoms with E-state index in [-0.39, 0.29) is 12.4 Å². The van der Waals surface area contributed by atoms with E-state index in [1.165, 1.54) is 11.3 Å². The summed E-state index contributed by atoms with van der Waals surface area (Å²) < 4.78 is 12.7. The van der Waals surface area contributed by atoms with Crippen LogP contribution in [-0.2, 0) is 6.61 Å². The minimum atomic E-state index is 0.165. The number of rotatable bonds is 5. The number of benzene rings is 2. The normalized spacial score (nSPS) is 11.0. The van der Waals surface area contributed by atoms with Gasteiger partial charge in [0.2, 0.25) is 4.96 Å². The van der Waals surface area contributed by atoms with Crippen molar-refractivity contribution in [3.63, 3.8) is 0 Å². The van der Waals surface area contributed by atoms with Gasteiger partial charge in [0.05, 0.1) is 12.8 Å². The van der Waals surface area contributed by atoms with Crippen LogP contribution in [0.15, 0.2) is 47.8 Å². The lowest BCUT2D eigenvalue weighted by molar-refractivity contribution is 0.296. The summed E-state index contributed by atoms with van der Waals surface area (Å²) in [6, 6.07) is 12.9. The molecule has 4 rings (SSSR count). The highest BCUT2D eigenvalue weighted by Gasteiger charge is 2.15. The van der Waals surface area contributed by atoms with E-state index in [4.69, 9.17) is 9.47 Å². The number of aromatic nitrogens is 3. The number of nitrogens with zero attached hydrogens (tertiary/aromatic N) is 3. The van der Waals surface area contributed by atoms with Crippen molar-refractivity contribution in [2.45, 2.75) is 13.5 Å². The second-order valence-corrected chi connectivity index (χ2v) is 6.67. The number of aryl methyl sites for hydroxylation is 1. The Hall–Kier alpha value is -3.06. The first-order chi connectivity index (χ1) is 12.6. The lowest BCUT2D eigenvalue weighted by Gasteiger charge is -2.06. The molecule has 1 N–H and O–H groups in total. The predicted octanol–water partition coefficient (Wildman–Crippen LogP) is 4.06. The molecular formula is C19H17N3O3S. The average molecular weight is 367 g/mol. The van der Waals surface area contributed by atoms with Gasteiger partial charge in [-0.3, -0.25) is 0 Å². The van der Waals surface area contributed by atoms with Gasteiger partial charge in [0, 0.05) is 10.9 Å². The first kappa shape index (κ1) is 16.4. The quantitative estimate of drug-likeness (QED) is 0.576. The van der Waals surface area contributed by atoms with Crippen molar-refractivity contribution in [2.24, 2.45) is 0 Å². The smallest absolute Gasteiger partial charge is 0.212 e. The molecule has 0 aliphatic heterocycles. The molecule has 0 radical (unpaired) electrons. The molecule has 4 aromatic rings. The number of hydrogen-bond acceptors (Lipinski definition) is 6. The molecule has 2 aromatic heterocycles. The number of thiazole rings is 1. The SMILES string of the molecule is COc1ccc(O)c(-c2csc3nc(COc4cccc(C)c4)nn23)c1. The lowest BCUT2D eigenvalue weighted by Crippen LogP contribution is -1.99. The van der Waals surface area contributed by atoms with Crippen molar-refractivity contribution in [3.05, 3.63) is 59.2 Å². The maximum absolute atomic E-state index is 10.2. The molecule has 0 aliphatic rings. The zero-order valence-corrected chi connectivity index (χ0v) is 15.2. The van der Waals surface area contributed by atoms with Gasteiger partial charge in [0.1, 0.15) is 23.9 Å². The van der Waals surface area contributed by atoms with Crippen molar-refractivity contribution < 1.29 is 14.6 Å². The van der Waals surface area contributed by atoms with Gasteiger partial charge in [-0.2, -0.15) is 4.98 Å². The summed E-state index contributed by atoms with van der Waals surface area (Å²) >= 11 is 1.46. The third-order valence-electron chi connectivity index (χ3n) is 3.96. The molecule has 6 nitrogen and oxygen atoms in total. The zero-order chi connectivity index (χ0) is 18.1. The highest BCUT2D eigenvalue weighted by Crippen LogP contribution is 2.34. The van der Waals surface area contributed by atoms with E-state index in [2.05, 4.69) is 10.1 Å². The molecule has 0 unspecified atom stereocenters. The number of hydrogen-bond donors (Lipinski definition) is 1. The Balaban J connectivity index is 1.63. The maximum atomic E-state index is 10.2. The summed E-state index contributed by atoms with van der Waals surface area (Å²) in [6.07, 6.45) is 0. The minimum Gasteiger partial charge on any atom is -0.507 e. The van der Waals surface area contributed by atoms with Gasteiger partial charge in [-0.25, -0.2) is 4.52 Å². The Morgan fingerprint density at radius 1 is 1.15 bits per heavy atom. The van der Waals surface area contributed by atoms with Crippen LogP contribution in [0.2, 0.25) is 0 Å². The maximum Gasteiger partial charge on any atom is 0.212 e. The Kier molecular flexibility index (Phi) is 4.22. The Morgan fingerprint density at radius 2 is 2.04 bits per heavy atom. The molecule has 132 valence electrons. The molecule has 0 spiro atoms. The molecule has 0 bridgehead atoms. The zero-order valence-electron chi connectivity index (χ0n) is 14.3. The van der Waals surface area contributed by atoms with Crippen LogP contribution in [0.4, 0.5) is 0 Å². The van der Waals surface area contributed by atoms with E-state index >= 15 is 0 Å². The fraction of sp³-hybridized carbons (Fsp3) is 0.158. The standard InChI is InChI=1S/C19H17N3O3S/c1-12-4-3-5-14(8-12)25-10-18-20-19-22(21-18)16(11-26-19)15-9-13(24-2)6-7-17(15)23/h3-9,11,23H,10H2,1-2H3. The summed E-state index contributed by atoms with van der Waals surface area (Å²) in [5.74, 6) is 2.20. The molecule has 0 fully saturated rings. The predicted molar refractivity (Wildman–Crippen MR) is 100 cm³/mol. The minimum absolute atomic E-state index is 0.165. The number of phenolic OH excluding ortho intramolecular Hbond substituents is 1. The van der Waals surface area contributed by atoms with Crippen LogP contribution in [0.25, 0.3) is 16.2 Å². The van der Waals surface area contributed by atoms with Crippen LogP contribution in [-0.4, -0.2) is 26.8 Å². The van der Waals surface area contributed by atoms with Gasteiger partial charge in [-0.1, -0.05) is 12.1 Å². The molecule has 0 atom stereocenters. The van der Waals surface area contributed by atoms with E-state index in [0.29, 0.717) is 17.1 Å². The van der Waals surface area contributed by atoms with Gasteiger partial charge >= 0.3 is 0 Å². The summed E-state index contributed by atoms with van der Waals surface area (Å²) in [7, 11) is 1.59. The summed E-state index contributed by atoms with van der Waals surface area (Å²) in [4.78, 5) is 5.24. The third kappa shape index (κ3) is 3.09. The van der Waals surface area contributed by atoms with Crippen molar-refractivity contribution in [1.82, 2.24) is 14.6 Å². The molecule has 2 heterocycles. The van der Waals surface area contributed by atoms with Gasteiger partial charge in [0.25, 0.3) is 0 Å². The topological polar surface area (TPSA) is 68.9 Å². The fourth-order valence-corrected chi connectivity index (χ4v) is 3.51. The van der Waals surface area contributed by atoms with Gasteiger partial charge in [-0.15, -0.1) is 16.4 Å². The second-order valence-electron chi connectivity index (χ2n) is 5.83. The Morgan fingerprint density at radius 3 is 2.85 bits per heavy atom. The molecule has 0 amide bonds. The number of fused-ring (bicyclic) bond motifs is 1. The first-order valence-corrected chi connectivity index (χ1v) is 8.92. The summed E-state index contributed by atoms with van der Waals surface area (Å²) in [6.45, 7) is 2.30. The van der Waals surface area contributed by atoms with E-state index in [0.717, 1.165) is 22.0 Å². The van der Waals surface area contributed by atoms with E-state index in [1.54, 1.807) is 29.8 Å². The van der Waals surface area contributed by atoms with Crippen LogP contribution in [0, 0.1) is 6.92 Å². The number of methoxy groups -OCH3 is 1. The van der Waals surface area contributed by atoms with Crippen LogP contribution in [0.5, 0.6) is 17.2 Å².